The minimum atomic E-state index is -0.469. The molecule has 0 bridgehead atoms. The number of esters is 1. The van der Waals surface area contributed by atoms with E-state index in [-0.39, 0.29) is 11.8 Å². The lowest BCUT2D eigenvalue weighted by Crippen LogP contribution is -2.30. The number of amides is 2. The molecule has 194 valence electrons. The van der Waals surface area contributed by atoms with Gasteiger partial charge in [-0.25, -0.2) is 4.79 Å². The molecule has 9 heteroatoms. The van der Waals surface area contributed by atoms with Gasteiger partial charge in [-0.1, -0.05) is 36.4 Å². The van der Waals surface area contributed by atoms with Crippen LogP contribution < -0.4 is 15.5 Å². The smallest absolute Gasteiger partial charge is 0.337 e. The number of methoxy groups -OCH3 is 1. The fraction of sp³-hybridized carbons (Fsp3) is 0.133. The molecule has 39 heavy (non-hydrogen) atoms. The van der Waals surface area contributed by atoms with Crippen molar-refractivity contribution >= 4 is 57.5 Å². The van der Waals surface area contributed by atoms with Crippen molar-refractivity contribution < 1.29 is 19.1 Å². The molecule has 8 nitrogen and oxygen atoms in total. The number of carbonyl (C=O) groups is 3. The molecular formula is C30H24N4O4S. The minimum Gasteiger partial charge on any atom is -0.465 e. The molecule has 1 aromatic heterocycles. The first-order valence-electron chi connectivity index (χ1n) is 12.4. The molecule has 0 saturated carbocycles. The normalized spacial score (nSPS) is 14.9. The second-order valence-corrected chi connectivity index (χ2v) is 10.2. The number of fused-ring (bicyclic) bond motifs is 2. The van der Waals surface area contributed by atoms with Gasteiger partial charge < -0.3 is 20.3 Å². The van der Waals surface area contributed by atoms with Crippen LogP contribution in [0, 0.1) is 0 Å². The topological polar surface area (TPSA) is 101 Å². The number of anilines is 3. The van der Waals surface area contributed by atoms with Crippen LogP contribution in [0.1, 0.15) is 31.9 Å². The van der Waals surface area contributed by atoms with Crippen LogP contribution in [-0.2, 0) is 27.2 Å². The standard InChI is InChI=1S/C30H24N4O4S/c1-38-30(37)20-7-9-23-24(14-20)33-29(36)27(23)28(18-5-3-2-4-6-18)32-21-8-10-25-19(13-21)11-12-34(25)26(35)15-22-16-31-17-39-22/h2-10,13-14,16-17,32H,11-12,15H2,1H3,(H,33,36)/b28-27-. The van der Waals surface area contributed by atoms with E-state index in [9.17, 15) is 14.4 Å². The van der Waals surface area contributed by atoms with Gasteiger partial charge in [-0.3, -0.25) is 14.6 Å². The Morgan fingerprint density at radius 1 is 1.08 bits per heavy atom. The Morgan fingerprint density at radius 2 is 1.92 bits per heavy atom. The van der Waals surface area contributed by atoms with Crippen molar-refractivity contribution in [1.82, 2.24) is 4.98 Å². The number of hydrogen-bond donors (Lipinski definition) is 2. The fourth-order valence-electron chi connectivity index (χ4n) is 5.01. The lowest BCUT2D eigenvalue weighted by Gasteiger charge is -2.18. The lowest BCUT2D eigenvalue weighted by atomic mass is 9.99. The number of hydrogen-bond acceptors (Lipinski definition) is 7. The van der Waals surface area contributed by atoms with Gasteiger partial charge in [0.25, 0.3) is 5.91 Å². The van der Waals surface area contributed by atoms with Gasteiger partial charge in [-0.15, -0.1) is 11.3 Å². The van der Waals surface area contributed by atoms with Gasteiger partial charge in [0, 0.05) is 34.6 Å². The van der Waals surface area contributed by atoms with Gasteiger partial charge in [0.2, 0.25) is 5.91 Å². The van der Waals surface area contributed by atoms with Crippen molar-refractivity contribution in [3.8, 4) is 0 Å². The maximum Gasteiger partial charge on any atom is 0.337 e. The summed E-state index contributed by atoms with van der Waals surface area (Å²) in [6.45, 7) is 0.626. The van der Waals surface area contributed by atoms with Crippen LogP contribution in [0.4, 0.5) is 17.1 Å². The third-order valence-electron chi connectivity index (χ3n) is 6.85. The molecule has 2 amide bonds. The predicted molar refractivity (Wildman–Crippen MR) is 152 cm³/mol. The predicted octanol–water partition coefficient (Wildman–Crippen LogP) is 4.99. The van der Waals surface area contributed by atoms with Crippen molar-refractivity contribution in [3.63, 3.8) is 0 Å². The monoisotopic (exact) mass is 536 g/mol. The van der Waals surface area contributed by atoms with Crippen LogP contribution in [-0.4, -0.2) is 36.4 Å². The molecule has 3 aromatic carbocycles. The first-order valence-corrected chi connectivity index (χ1v) is 13.3. The summed E-state index contributed by atoms with van der Waals surface area (Å²) < 4.78 is 4.83. The van der Waals surface area contributed by atoms with Crippen molar-refractivity contribution in [2.45, 2.75) is 12.8 Å². The fourth-order valence-corrected chi connectivity index (χ4v) is 5.59. The van der Waals surface area contributed by atoms with Crippen LogP contribution in [0.5, 0.6) is 0 Å². The maximum atomic E-state index is 13.2. The second-order valence-electron chi connectivity index (χ2n) is 9.23. The quantitative estimate of drug-likeness (QED) is 0.266. The van der Waals surface area contributed by atoms with Crippen molar-refractivity contribution in [2.24, 2.45) is 0 Å². The number of rotatable bonds is 6. The van der Waals surface area contributed by atoms with E-state index in [1.54, 1.807) is 29.9 Å². The number of carbonyl (C=O) groups excluding carboxylic acids is 3. The summed E-state index contributed by atoms with van der Waals surface area (Å²) in [5, 5.41) is 6.37. The summed E-state index contributed by atoms with van der Waals surface area (Å²) in [6, 6.07) is 20.6. The van der Waals surface area contributed by atoms with Crippen molar-refractivity contribution in [3.05, 3.63) is 106 Å². The summed E-state index contributed by atoms with van der Waals surface area (Å²) in [7, 11) is 1.32. The molecule has 2 N–H and O–H groups in total. The summed E-state index contributed by atoms with van der Waals surface area (Å²) in [6.07, 6.45) is 2.81. The number of aromatic nitrogens is 1. The van der Waals surface area contributed by atoms with E-state index >= 15 is 0 Å². The Labute approximate surface area is 229 Å². The highest BCUT2D eigenvalue weighted by Gasteiger charge is 2.30. The highest BCUT2D eigenvalue weighted by atomic mass is 32.1. The van der Waals surface area contributed by atoms with Crippen molar-refractivity contribution in [1.29, 1.82) is 0 Å². The van der Waals surface area contributed by atoms with E-state index in [1.807, 2.05) is 53.4 Å². The molecule has 0 unspecified atom stereocenters. The molecular weight excluding hydrogens is 512 g/mol. The van der Waals surface area contributed by atoms with Crippen LogP contribution in [0.2, 0.25) is 0 Å². The summed E-state index contributed by atoms with van der Waals surface area (Å²) in [4.78, 5) is 45.1. The molecule has 4 aromatic rings. The van der Waals surface area contributed by atoms with E-state index < -0.39 is 5.97 Å². The first-order chi connectivity index (χ1) is 19.0. The Balaban J connectivity index is 1.35. The van der Waals surface area contributed by atoms with E-state index in [2.05, 4.69) is 15.6 Å². The third-order valence-corrected chi connectivity index (χ3v) is 7.63. The summed E-state index contributed by atoms with van der Waals surface area (Å²) in [5.74, 6) is -0.681. The van der Waals surface area contributed by atoms with Gasteiger partial charge in [-0.2, -0.15) is 0 Å². The van der Waals surface area contributed by atoms with E-state index in [4.69, 9.17) is 4.74 Å². The van der Waals surface area contributed by atoms with Gasteiger partial charge in [-0.05, 0) is 47.9 Å². The minimum absolute atomic E-state index is 0.0522. The van der Waals surface area contributed by atoms with E-state index in [0.29, 0.717) is 41.1 Å². The van der Waals surface area contributed by atoms with Gasteiger partial charge in [0.1, 0.15) is 0 Å². The van der Waals surface area contributed by atoms with Gasteiger partial charge in [0.15, 0.2) is 0 Å². The molecule has 0 atom stereocenters. The highest BCUT2D eigenvalue weighted by Crippen LogP contribution is 2.39. The highest BCUT2D eigenvalue weighted by molar-refractivity contribution is 7.09. The number of thiazole rings is 1. The van der Waals surface area contributed by atoms with E-state index in [0.717, 1.165) is 33.8 Å². The van der Waals surface area contributed by atoms with Crippen LogP contribution >= 0.6 is 11.3 Å². The summed E-state index contributed by atoms with van der Waals surface area (Å²) >= 11 is 1.48. The molecule has 0 radical (unpaired) electrons. The van der Waals surface area contributed by atoms with Gasteiger partial charge >= 0.3 is 5.97 Å². The zero-order valence-electron chi connectivity index (χ0n) is 21.1. The molecule has 0 aliphatic carbocycles. The lowest BCUT2D eigenvalue weighted by molar-refractivity contribution is -0.117. The Hall–Kier alpha value is -4.76. The third kappa shape index (κ3) is 4.68. The molecule has 0 spiro atoms. The summed E-state index contributed by atoms with van der Waals surface area (Å²) in [5.41, 5.74) is 8.09. The van der Waals surface area contributed by atoms with Crippen LogP contribution in [0.3, 0.4) is 0 Å². The number of nitrogens with one attached hydrogen (secondary N) is 2. The molecule has 0 saturated heterocycles. The van der Waals surface area contributed by atoms with E-state index in [1.165, 1.54) is 18.4 Å². The number of benzene rings is 3. The Morgan fingerprint density at radius 3 is 2.69 bits per heavy atom. The Kier molecular flexibility index (Phi) is 6.42. The maximum absolute atomic E-state index is 13.2. The van der Waals surface area contributed by atoms with Gasteiger partial charge in [0.05, 0.1) is 41.6 Å². The number of ether oxygens (including phenoxy) is 1. The first kappa shape index (κ1) is 24.6. The average molecular weight is 537 g/mol. The zero-order valence-corrected chi connectivity index (χ0v) is 21.9. The van der Waals surface area contributed by atoms with Crippen LogP contribution in [0.15, 0.2) is 78.4 Å². The molecule has 6 rings (SSSR count). The molecule has 2 aliphatic rings. The molecule has 2 aliphatic heterocycles. The zero-order chi connectivity index (χ0) is 26.9. The Bertz CT molecular complexity index is 1630. The average Bonchev–Trinajstić information content (AvgIpc) is 3.69. The SMILES string of the molecule is COC(=O)c1ccc2c(c1)NC(=O)/C2=C(\Nc1ccc2c(c1)CCN2C(=O)Cc1cncs1)c1ccccc1. The molecule has 0 fully saturated rings. The van der Waals surface area contributed by atoms with Crippen LogP contribution in [0.25, 0.3) is 11.3 Å². The second kappa shape index (κ2) is 10.2. The number of nitrogens with zero attached hydrogens (tertiary/aromatic N) is 2. The van der Waals surface area contributed by atoms with Crippen molar-refractivity contribution in [2.75, 3.05) is 29.2 Å². The molecule has 3 heterocycles. The largest absolute Gasteiger partial charge is 0.465 e.